The molecule has 9 nitrogen and oxygen atoms in total. The number of nitrogens with zero attached hydrogens (tertiary/aromatic N) is 3. The summed E-state index contributed by atoms with van der Waals surface area (Å²) in [6.07, 6.45) is 0.636. The van der Waals surface area contributed by atoms with Crippen molar-refractivity contribution < 1.29 is 14.3 Å². The molecule has 2 N–H and O–H groups in total. The number of fused-ring (bicyclic) bond motifs is 1. The molecule has 0 unspecified atom stereocenters. The number of carbonyl (C=O) groups is 2. The number of hydrogen-bond donors (Lipinski definition) is 2. The highest BCUT2D eigenvalue weighted by Gasteiger charge is 2.29. The highest BCUT2D eigenvalue weighted by Crippen LogP contribution is 2.26. The first-order valence-electron chi connectivity index (χ1n) is 9.56. The molecule has 0 saturated heterocycles. The van der Waals surface area contributed by atoms with Gasteiger partial charge in [0.15, 0.2) is 0 Å². The van der Waals surface area contributed by atoms with Crippen molar-refractivity contribution in [3.05, 3.63) is 50.8 Å². The van der Waals surface area contributed by atoms with Gasteiger partial charge in [-0.05, 0) is 31.4 Å². The molecule has 2 aromatic rings. The molecule has 0 aliphatic carbocycles. The summed E-state index contributed by atoms with van der Waals surface area (Å²) >= 11 is 0. The Labute approximate surface area is 168 Å². The Balaban J connectivity index is 1.79. The van der Waals surface area contributed by atoms with Gasteiger partial charge in [0.2, 0.25) is 5.88 Å². The number of H-pyrrole nitrogens is 1. The fraction of sp³-hybridized carbons (Fsp3) is 0.450. The molecular weight excluding hydrogens is 374 g/mol. The van der Waals surface area contributed by atoms with E-state index in [4.69, 9.17) is 4.74 Å². The molecule has 3 heterocycles. The standard InChI is InChI=1S/C20H25N5O4/c1-5-25-10-16-14(19(25)27)7-12(18(23-16)29-4)9-21-17(26)15-8-13(6-11(2)3)22-20(28)24-15/h7-8,11H,5-6,9-10H2,1-4H3,(H,21,26)(H,22,24,28). The highest BCUT2D eigenvalue weighted by atomic mass is 16.5. The van der Waals surface area contributed by atoms with E-state index in [0.717, 1.165) is 0 Å². The number of hydrogen-bond acceptors (Lipinski definition) is 6. The number of aromatic nitrogens is 3. The topological polar surface area (TPSA) is 117 Å². The van der Waals surface area contributed by atoms with Crippen molar-refractivity contribution >= 4 is 11.8 Å². The minimum absolute atomic E-state index is 0.0470. The molecule has 3 rings (SSSR count). The molecule has 2 amide bonds. The second-order valence-electron chi connectivity index (χ2n) is 7.35. The quantitative estimate of drug-likeness (QED) is 0.724. The number of methoxy groups -OCH3 is 1. The van der Waals surface area contributed by atoms with Crippen molar-refractivity contribution in [2.75, 3.05) is 13.7 Å². The van der Waals surface area contributed by atoms with E-state index in [1.165, 1.54) is 7.11 Å². The molecule has 2 aromatic heterocycles. The molecule has 29 heavy (non-hydrogen) atoms. The van der Waals surface area contributed by atoms with Gasteiger partial charge in [0.1, 0.15) is 5.69 Å². The van der Waals surface area contributed by atoms with Crippen LogP contribution in [-0.4, -0.2) is 45.3 Å². The molecule has 0 atom stereocenters. The van der Waals surface area contributed by atoms with Gasteiger partial charge in [-0.25, -0.2) is 9.78 Å². The monoisotopic (exact) mass is 399 g/mol. The second-order valence-corrected chi connectivity index (χ2v) is 7.35. The van der Waals surface area contributed by atoms with Gasteiger partial charge in [-0.3, -0.25) is 9.59 Å². The summed E-state index contributed by atoms with van der Waals surface area (Å²) in [5, 5.41) is 2.73. The van der Waals surface area contributed by atoms with Crippen LogP contribution in [0.5, 0.6) is 5.88 Å². The van der Waals surface area contributed by atoms with Crippen LogP contribution in [0.2, 0.25) is 0 Å². The van der Waals surface area contributed by atoms with Crippen molar-refractivity contribution in [3.63, 3.8) is 0 Å². The molecule has 0 radical (unpaired) electrons. The summed E-state index contributed by atoms with van der Waals surface area (Å²) in [6.45, 7) is 7.08. The summed E-state index contributed by atoms with van der Waals surface area (Å²) in [5.41, 5.74) is 1.91. The number of amides is 2. The molecule has 0 aromatic carbocycles. The molecule has 9 heteroatoms. The minimum atomic E-state index is -0.560. The van der Waals surface area contributed by atoms with Crippen LogP contribution >= 0.6 is 0 Å². The predicted octanol–water partition coefficient (Wildman–Crippen LogP) is 1.28. The van der Waals surface area contributed by atoms with E-state index in [-0.39, 0.29) is 18.1 Å². The maximum atomic E-state index is 12.5. The van der Waals surface area contributed by atoms with Crippen molar-refractivity contribution in [2.24, 2.45) is 5.92 Å². The van der Waals surface area contributed by atoms with Gasteiger partial charge in [-0.2, -0.15) is 4.98 Å². The molecule has 154 valence electrons. The number of ether oxygens (including phenoxy) is 1. The zero-order valence-corrected chi connectivity index (χ0v) is 17.0. The third kappa shape index (κ3) is 4.44. The second kappa shape index (κ2) is 8.42. The average molecular weight is 399 g/mol. The first-order chi connectivity index (χ1) is 13.8. The van der Waals surface area contributed by atoms with E-state index in [2.05, 4.69) is 20.3 Å². The number of rotatable bonds is 7. The maximum absolute atomic E-state index is 12.5. The Morgan fingerprint density at radius 3 is 2.72 bits per heavy atom. The van der Waals surface area contributed by atoms with Crippen molar-refractivity contribution in [2.45, 2.75) is 40.3 Å². The zero-order chi connectivity index (χ0) is 21.1. The van der Waals surface area contributed by atoms with E-state index in [1.807, 2.05) is 20.8 Å². The van der Waals surface area contributed by atoms with Crippen LogP contribution in [0.4, 0.5) is 0 Å². The minimum Gasteiger partial charge on any atom is -0.481 e. The lowest BCUT2D eigenvalue weighted by atomic mass is 10.1. The van der Waals surface area contributed by atoms with E-state index in [9.17, 15) is 14.4 Å². The van der Waals surface area contributed by atoms with E-state index >= 15 is 0 Å². The molecular formula is C20H25N5O4. The first-order valence-corrected chi connectivity index (χ1v) is 9.56. The molecule has 0 saturated carbocycles. The smallest absolute Gasteiger partial charge is 0.345 e. The number of nitrogens with one attached hydrogen (secondary N) is 2. The largest absolute Gasteiger partial charge is 0.481 e. The Bertz CT molecular complexity index is 999. The third-order valence-corrected chi connectivity index (χ3v) is 4.67. The van der Waals surface area contributed by atoms with Gasteiger partial charge in [0.05, 0.1) is 24.9 Å². The van der Waals surface area contributed by atoms with E-state index in [1.54, 1.807) is 17.0 Å². The maximum Gasteiger partial charge on any atom is 0.345 e. The molecule has 0 bridgehead atoms. The summed E-state index contributed by atoms with van der Waals surface area (Å²) < 4.78 is 5.33. The lowest BCUT2D eigenvalue weighted by Crippen LogP contribution is -2.28. The van der Waals surface area contributed by atoms with Crippen LogP contribution in [0.25, 0.3) is 0 Å². The van der Waals surface area contributed by atoms with Crippen molar-refractivity contribution in [1.29, 1.82) is 0 Å². The van der Waals surface area contributed by atoms with Gasteiger partial charge < -0.3 is 19.9 Å². The van der Waals surface area contributed by atoms with E-state index in [0.29, 0.717) is 53.8 Å². The van der Waals surface area contributed by atoms with Crippen LogP contribution < -0.4 is 15.7 Å². The van der Waals surface area contributed by atoms with Gasteiger partial charge in [0, 0.05) is 24.3 Å². The van der Waals surface area contributed by atoms with Crippen molar-refractivity contribution in [3.8, 4) is 5.88 Å². The van der Waals surface area contributed by atoms with Crippen molar-refractivity contribution in [1.82, 2.24) is 25.2 Å². The summed E-state index contributed by atoms with van der Waals surface area (Å²) in [7, 11) is 1.49. The lowest BCUT2D eigenvalue weighted by Gasteiger charge is -2.11. The molecule has 0 spiro atoms. The predicted molar refractivity (Wildman–Crippen MR) is 106 cm³/mol. The third-order valence-electron chi connectivity index (χ3n) is 4.67. The number of aromatic amines is 1. The molecule has 1 aliphatic rings. The zero-order valence-electron chi connectivity index (χ0n) is 17.0. The molecule has 0 fully saturated rings. The highest BCUT2D eigenvalue weighted by molar-refractivity contribution is 5.98. The Hall–Kier alpha value is -3.23. The lowest BCUT2D eigenvalue weighted by molar-refractivity contribution is 0.0786. The Morgan fingerprint density at radius 2 is 2.07 bits per heavy atom. The fourth-order valence-electron chi connectivity index (χ4n) is 3.30. The Kier molecular flexibility index (Phi) is 5.95. The average Bonchev–Trinajstić information content (AvgIpc) is 2.99. The van der Waals surface area contributed by atoms with Crippen LogP contribution in [0.15, 0.2) is 16.9 Å². The first kappa shape index (κ1) is 20.5. The van der Waals surface area contributed by atoms with Gasteiger partial charge >= 0.3 is 5.69 Å². The SMILES string of the molecule is CCN1Cc2nc(OC)c(CNC(=O)c3cc(CC(C)C)[nH]c(=O)n3)cc2C1=O. The van der Waals surface area contributed by atoms with Crippen LogP contribution in [0, 0.1) is 5.92 Å². The summed E-state index contributed by atoms with van der Waals surface area (Å²) in [4.78, 5) is 49.3. The fourth-order valence-corrected chi connectivity index (χ4v) is 3.30. The Morgan fingerprint density at radius 1 is 1.31 bits per heavy atom. The summed E-state index contributed by atoms with van der Waals surface area (Å²) in [5.74, 6) is 0.116. The number of pyridine rings is 1. The van der Waals surface area contributed by atoms with Gasteiger partial charge in [-0.1, -0.05) is 13.8 Å². The van der Waals surface area contributed by atoms with Crippen LogP contribution in [0.3, 0.4) is 0 Å². The van der Waals surface area contributed by atoms with Gasteiger partial charge in [0.25, 0.3) is 11.8 Å². The van der Waals surface area contributed by atoms with Crippen LogP contribution in [0.1, 0.15) is 58.6 Å². The molecule has 1 aliphatic heterocycles. The summed E-state index contributed by atoms with van der Waals surface area (Å²) in [6, 6.07) is 3.28. The van der Waals surface area contributed by atoms with Crippen LogP contribution in [-0.2, 0) is 19.5 Å². The van der Waals surface area contributed by atoms with Gasteiger partial charge in [-0.15, -0.1) is 0 Å². The normalized spacial score (nSPS) is 13.0. The number of carbonyl (C=O) groups excluding carboxylic acids is 2. The van der Waals surface area contributed by atoms with E-state index < -0.39 is 11.6 Å².